The summed E-state index contributed by atoms with van der Waals surface area (Å²) in [4.78, 5) is 7.84. The SMILES string of the molecule is S=c1[nH]c2ccccc2nc1Cc1ccc(Cl)cc1. The number of aromatic nitrogens is 2. The maximum absolute atomic E-state index is 5.88. The van der Waals surface area contributed by atoms with Gasteiger partial charge in [-0.3, -0.25) is 0 Å². The minimum Gasteiger partial charge on any atom is -0.343 e. The molecule has 0 radical (unpaired) electrons. The van der Waals surface area contributed by atoms with Gasteiger partial charge in [-0.25, -0.2) is 4.98 Å². The van der Waals surface area contributed by atoms with E-state index in [0.29, 0.717) is 11.1 Å². The molecule has 0 bridgehead atoms. The number of nitrogens with one attached hydrogen (secondary N) is 1. The summed E-state index contributed by atoms with van der Waals surface area (Å²) in [6.45, 7) is 0. The normalized spacial score (nSPS) is 10.8. The molecule has 0 amide bonds. The molecule has 2 nitrogen and oxygen atoms in total. The van der Waals surface area contributed by atoms with Crippen LogP contribution in [0.25, 0.3) is 11.0 Å². The average Bonchev–Trinajstić information content (AvgIpc) is 2.42. The van der Waals surface area contributed by atoms with Crippen LogP contribution < -0.4 is 0 Å². The van der Waals surface area contributed by atoms with Gasteiger partial charge in [0.25, 0.3) is 0 Å². The second-order valence-electron chi connectivity index (χ2n) is 4.33. The second-order valence-corrected chi connectivity index (χ2v) is 5.18. The molecule has 2 aromatic carbocycles. The minimum absolute atomic E-state index is 0.689. The fraction of sp³-hybridized carbons (Fsp3) is 0.0667. The quantitative estimate of drug-likeness (QED) is 0.701. The van der Waals surface area contributed by atoms with Crippen molar-refractivity contribution in [1.82, 2.24) is 9.97 Å². The molecule has 3 aromatic rings. The molecule has 0 saturated carbocycles. The number of aromatic amines is 1. The molecule has 1 N–H and O–H groups in total. The van der Waals surface area contributed by atoms with E-state index < -0.39 is 0 Å². The van der Waals surface area contributed by atoms with Crippen LogP contribution in [0.1, 0.15) is 11.3 Å². The Morgan fingerprint density at radius 2 is 1.79 bits per heavy atom. The molecule has 19 heavy (non-hydrogen) atoms. The van der Waals surface area contributed by atoms with E-state index in [1.807, 2.05) is 48.5 Å². The van der Waals surface area contributed by atoms with E-state index in [0.717, 1.165) is 27.3 Å². The maximum Gasteiger partial charge on any atom is 0.125 e. The summed E-state index contributed by atoms with van der Waals surface area (Å²) < 4.78 is 0.689. The van der Waals surface area contributed by atoms with E-state index in [1.54, 1.807) is 0 Å². The van der Waals surface area contributed by atoms with Crippen LogP contribution in [0.2, 0.25) is 5.02 Å². The van der Waals surface area contributed by atoms with E-state index in [1.165, 1.54) is 0 Å². The molecule has 0 unspecified atom stereocenters. The summed E-state index contributed by atoms with van der Waals surface area (Å²) in [6.07, 6.45) is 0.706. The highest BCUT2D eigenvalue weighted by atomic mass is 35.5. The Bertz CT molecular complexity index is 778. The van der Waals surface area contributed by atoms with Gasteiger partial charge >= 0.3 is 0 Å². The lowest BCUT2D eigenvalue weighted by molar-refractivity contribution is 1.05. The first-order valence-electron chi connectivity index (χ1n) is 5.95. The number of rotatable bonds is 2. The van der Waals surface area contributed by atoms with Crippen LogP contribution in [0.3, 0.4) is 0 Å². The summed E-state index contributed by atoms with van der Waals surface area (Å²) >= 11 is 11.2. The molecule has 1 aromatic heterocycles. The zero-order valence-corrected chi connectivity index (χ0v) is 11.6. The Balaban J connectivity index is 2.03. The molecule has 4 heteroatoms. The number of nitrogens with zero attached hydrogens (tertiary/aromatic N) is 1. The Morgan fingerprint density at radius 1 is 1.05 bits per heavy atom. The lowest BCUT2D eigenvalue weighted by Gasteiger charge is -2.04. The Hall–Kier alpha value is -1.71. The van der Waals surface area contributed by atoms with Crippen LogP contribution in [0.15, 0.2) is 48.5 Å². The lowest BCUT2D eigenvalue weighted by Crippen LogP contribution is -1.96. The topological polar surface area (TPSA) is 28.7 Å². The molecule has 0 atom stereocenters. The Morgan fingerprint density at radius 3 is 2.58 bits per heavy atom. The third kappa shape index (κ3) is 2.67. The van der Waals surface area contributed by atoms with Gasteiger partial charge in [0.15, 0.2) is 0 Å². The molecule has 0 spiro atoms. The van der Waals surface area contributed by atoms with Gasteiger partial charge in [-0.1, -0.05) is 48.1 Å². The standard InChI is InChI=1S/C15H11ClN2S/c16-11-7-5-10(6-8-11)9-14-15(19)18-13-4-2-1-3-12(13)17-14/h1-8H,9H2,(H,18,19). The van der Waals surface area contributed by atoms with Crippen LogP contribution >= 0.6 is 23.8 Å². The molecule has 1 heterocycles. The lowest BCUT2D eigenvalue weighted by atomic mass is 10.1. The zero-order valence-electron chi connectivity index (χ0n) is 10.1. The van der Waals surface area contributed by atoms with Crippen molar-refractivity contribution in [2.24, 2.45) is 0 Å². The first-order chi connectivity index (χ1) is 9.22. The average molecular weight is 287 g/mol. The fourth-order valence-corrected chi connectivity index (χ4v) is 2.34. The van der Waals surface area contributed by atoms with E-state index in [9.17, 15) is 0 Å². The number of hydrogen-bond acceptors (Lipinski definition) is 2. The van der Waals surface area contributed by atoms with Gasteiger partial charge < -0.3 is 4.98 Å². The highest BCUT2D eigenvalue weighted by Crippen LogP contribution is 2.15. The van der Waals surface area contributed by atoms with Crippen LogP contribution in [0.4, 0.5) is 0 Å². The van der Waals surface area contributed by atoms with E-state index >= 15 is 0 Å². The molecular weight excluding hydrogens is 276 g/mol. The molecule has 0 aliphatic carbocycles. The third-order valence-corrected chi connectivity index (χ3v) is 3.54. The Labute approximate surface area is 121 Å². The molecule has 94 valence electrons. The van der Waals surface area contributed by atoms with Gasteiger partial charge in [0.2, 0.25) is 0 Å². The smallest absolute Gasteiger partial charge is 0.125 e. The van der Waals surface area contributed by atoms with Crippen molar-refractivity contribution >= 4 is 34.9 Å². The minimum atomic E-state index is 0.689. The summed E-state index contributed by atoms with van der Waals surface area (Å²) in [7, 11) is 0. The summed E-state index contributed by atoms with van der Waals surface area (Å²) in [5.74, 6) is 0. The predicted octanol–water partition coefficient (Wildman–Crippen LogP) is 4.54. The van der Waals surface area contributed by atoms with Crippen LogP contribution in [0, 0.1) is 4.64 Å². The van der Waals surface area contributed by atoms with Crippen LogP contribution in [0.5, 0.6) is 0 Å². The highest BCUT2D eigenvalue weighted by Gasteiger charge is 2.03. The number of halogens is 1. The number of para-hydroxylation sites is 2. The number of fused-ring (bicyclic) bond motifs is 1. The summed E-state index contributed by atoms with van der Waals surface area (Å²) in [6, 6.07) is 15.6. The van der Waals surface area contributed by atoms with Gasteiger partial charge in [-0.05, 0) is 29.8 Å². The van der Waals surface area contributed by atoms with Gasteiger partial charge in [-0.15, -0.1) is 0 Å². The van der Waals surface area contributed by atoms with Gasteiger partial charge in [-0.2, -0.15) is 0 Å². The molecular formula is C15H11ClN2S. The van der Waals surface area contributed by atoms with Gasteiger partial charge in [0.1, 0.15) is 4.64 Å². The number of benzene rings is 2. The van der Waals surface area contributed by atoms with Crippen LogP contribution in [-0.4, -0.2) is 9.97 Å². The third-order valence-electron chi connectivity index (χ3n) is 2.95. The number of hydrogen-bond donors (Lipinski definition) is 1. The highest BCUT2D eigenvalue weighted by molar-refractivity contribution is 7.71. The van der Waals surface area contributed by atoms with Crippen molar-refractivity contribution in [3.05, 3.63) is 69.5 Å². The van der Waals surface area contributed by atoms with E-state index in [4.69, 9.17) is 23.8 Å². The number of H-pyrrole nitrogens is 1. The van der Waals surface area contributed by atoms with Crippen LogP contribution in [-0.2, 0) is 6.42 Å². The van der Waals surface area contributed by atoms with Crippen molar-refractivity contribution in [1.29, 1.82) is 0 Å². The molecule has 0 aliphatic heterocycles. The van der Waals surface area contributed by atoms with Gasteiger partial charge in [0.05, 0.1) is 16.7 Å². The molecule has 0 aliphatic rings. The second kappa shape index (κ2) is 5.11. The largest absolute Gasteiger partial charge is 0.343 e. The van der Waals surface area contributed by atoms with E-state index in [2.05, 4.69) is 9.97 Å². The zero-order chi connectivity index (χ0) is 13.2. The monoisotopic (exact) mass is 286 g/mol. The summed E-state index contributed by atoms with van der Waals surface area (Å²) in [5, 5.41) is 0.736. The molecule has 0 fully saturated rings. The summed E-state index contributed by atoms with van der Waals surface area (Å²) in [5.41, 5.74) is 3.93. The first kappa shape index (κ1) is 12.3. The maximum atomic E-state index is 5.88. The van der Waals surface area contributed by atoms with Crippen molar-refractivity contribution < 1.29 is 0 Å². The Kier molecular flexibility index (Phi) is 3.32. The fourth-order valence-electron chi connectivity index (χ4n) is 1.98. The first-order valence-corrected chi connectivity index (χ1v) is 6.73. The van der Waals surface area contributed by atoms with Crippen molar-refractivity contribution in [2.45, 2.75) is 6.42 Å². The van der Waals surface area contributed by atoms with Gasteiger partial charge in [0, 0.05) is 11.4 Å². The van der Waals surface area contributed by atoms with E-state index in [-0.39, 0.29) is 0 Å². The molecule has 3 rings (SSSR count). The predicted molar refractivity (Wildman–Crippen MR) is 81.2 cm³/mol. The van der Waals surface area contributed by atoms with Crippen molar-refractivity contribution in [2.75, 3.05) is 0 Å². The van der Waals surface area contributed by atoms with Crippen molar-refractivity contribution in [3.63, 3.8) is 0 Å². The molecule has 0 saturated heterocycles. The van der Waals surface area contributed by atoms with Crippen molar-refractivity contribution in [3.8, 4) is 0 Å².